The van der Waals surface area contributed by atoms with Crippen LogP contribution in [0.15, 0.2) is 24.4 Å². The molecule has 0 saturated heterocycles. The first-order valence-corrected chi connectivity index (χ1v) is 4.90. The van der Waals surface area contributed by atoms with Gasteiger partial charge in [0.2, 0.25) is 6.41 Å². The molecule has 15 heavy (non-hydrogen) atoms. The first-order valence-electron chi connectivity index (χ1n) is 4.90. The summed E-state index contributed by atoms with van der Waals surface area (Å²) in [5.41, 5.74) is 1.74. The first-order chi connectivity index (χ1) is 7.20. The second kappa shape index (κ2) is 3.73. The highest BCUT2D eigenvalue weighted by Crippen LogP contribution is 2.19. The Bertz CT molecular complexity index is 488. The van der Waals surface area contributed by atoms with Gasteiger partial charge >= 0.3 is 0 Å². The Balaban J connectivity index is 2.47. The Morgan fingerprint density at radius 3 is 2.93 bits per heavy atom. The molecule has 0 fully saturated rings. The Labute approximate surface area is 87.9 Å². The van der Waals surface area contributed by atoms with Crippen LogP contribution in [0.4, 0.5) is 5.69 Å². The van der Waals surface area contributed by atoms with Gasteiger partial charge in [-0.1, -0.05) is 0 Å². The quantitative estimate of drug-likeness (QED) is 0.777. The molecule has 78 valence electrons. The number of anilines is 1. The monoisotopic (exact) mass is 203 g/mol. The molecule has 1 amide bonds. The van der Waals surface area contributed by atoms with Crippen LogP contribution < -0.4 is 5.32 Å². The third-order valence-corrected chi connectivity index (χ3v) is 2.28. The summed E-state index contributed by atoms with van der Waals surface area (Å²) in [6.45, 7) is 4.16. The molecule has 1 aromatic carbocycles. The van der Waals surface area contributed by atoms with Crippen molar-refractivity contribution in [3.63, 3.8) is 0 Å². The van der Waals surface area contributed by atoms with Crippen molar-refractivity contribution in [1.29, 1.82) is 0 Å². The average molecular weight is 203 g/mol. The summed E-state index contributed by atoms with van der Waals surface area (Å²) in [7, 11) is 0. The number of carbonyl (C=O) groups excluding carboxylic acids is 1. The SMILES string of the molecule is CC(C)n1cc2cc(NC=O)ccc2n1. The molecule has 1 heterocycles. The summed E-state index contributed by atoms with van der Waals surface area (Å²) in [6, 6.07) is 6.00. The van der Waals surface area contributed by atoms with Crippen molar-refractivity contribution in [2.45, 2.75) is 19.9 Å². The highest BCUT2D eigenvalue weighted by atomic mass is 16.1. The summed E-state index contributed by atoms with van der Waals surface area (Å²) in [5.74, 6) is 0. The number of nitrogens with zero attached hydrogens (tertiary/aromatic N) is 2. The van der Waals surface area contributed by atoms with Crippen molar-refractivity contribution in [3.05, 3.63) is 24.4 Å². The minimum absolute atomic E-state index is 0.347. The maximum absolute atomic E-state index is 10.3. The number of aromatic nitrogens is 2. The van der Waals surface area contributed by atoms with E-state index in [4.69, 9.17) is 0 Å². The maximum Gasteiger partial charge on any atom is 0.211 e. The zero-order chi connectivity index (χ0) is 10.8. The predicted octanol–water partition coefficient (Wildman–Crippen LogP) is 2.19. The van der Waals surface area contributed by atoms with E-state index >= 15 is 0 Å². The topological polar surface area (TPSA) is 46.9 Å². The molecule has 0 aliphatic rings. The minimum Gasteiger partial charge on any atom is -0.329 e. The molecule has 0 aliphatic heterocycles. The van der Waals surface area contributed by atoms with Gasteiger partial charge in [-0.25, -0.2) is 0 Å². The van der Waals surface area contributed by atoms with Gasteiger partial charge in [-0.3, -0.25) is 9.48 Å². The maximum atomic E-state index is 10.3. The van der Waals surface area contributed by atoms with E-state index in [0.717, 1.165) is 16.6 Å². The molecule has 0 aliphatic carbocycles. The average Bonchev–Trinajstić information content (AvgIpc) is 2.61. The summed E-state index contributed by atoms with van der Waals surface area (Å²) in [5, 5.41) is 8.07. The van der Waals surface area contributed by atoms with Crippen LogP contribution in [0.3, 0.4) is 0 Å². The Morgan fingerprint density at radius 2 is 2.27 bits per heavy atom. The number of hydrogen-bond donors (Lipinski definition) is 1. The van der Waals surface area contributed by atoms with E-state index in [1.165, 1.54) is 0 Å². The van der Waals surface area contributed by atoms with Crippen molar-refractivity contribution in [3.8, 4) is 0 Å². The molecule has 4 nitrogen and oxygen atoms in total. The lowest BCUT2D eigenvalue weighted by Crippen LogP contribution is -1.99. The highest BCUT2D eigenvalue weighted by Gasteiger charge is 2.03. The van der Waals surface area contributed by atoms with Gasteiger partial charge in [0.1, 0.15) is 0 Å². The van der Waals surface area contributed by atoms with Crippen LogP contribution in [0.1, 0.15) is 19.9 Å². The number of fused-ring (bicyclic) bond motifs is 1. The van der Waals surface area contributed by atoms with E-state index in [1.807, 2.05) is 29.1 Å². The fraction of sp³-hybridized carbons (Fsp3) is 0.273. The summed E-state index contributed by atoms with van der Waals surface area (Å²) in [6.07, 6.45) is 2.66. The molecule has 1 N–H and O–H groups in total. The van der Waals surface area contributed by atoms with Crippen LogP contribution in [-0.2, 0) is 4.79 Å². The van der Waals surface area contributed by atoms with Gasteiger partial charge in [0.25, 0.3) is 0 Å². The minimum atomic E-state index is 0.347. The zero-order valence-corrected chi connectivity index (χ0v) is 8.77. The van der Waals surface area contributed by atoms with Crippen LogP contribution in [-0.4, -0.2) is 16.2 Å². The molecule has 0 bridgehead atoms. The zero-order valence-electron chi connectivity index (χ0n) is 8.77. The second-order valence-corrected chi connectivity index (χ2v) is 3.74. The molecule has 0 saturated carbocycles. The first kappa shape index (κ1) is 9.71. The van der Waals surface area contributed by atoms with E-state index in [9.17, 15) is 4.79 Å². The number of amides is 1. The normalized spacial score (nSPS) is 10.9. The van der Waals surface area contributed by atoms with E-state index in [-0.39, 0.29) is 0 Å². The van der Waals surface area contributed by atoms with Crippen molar-refractivity contribution < 1.29 is 4.79 Å². The van der Waals surface area contributed by atoms with Crippen LogP contribution >= 0.6 is 0 Å². The van der Waals surface area contributed by atoms with Gasteiger partial charge in [-0.15, -0.1) is 0 Å². The van der Waals surface area contributed by atoms with Crippen molar-refractivity contribution in [1.82, 2.24) is 9.78 Å². The highest BCUT2D eigenvalue weighted by molar-refractivity contribution is 5.84. The summed E-state index contributed by atoms with van der Waals surface area (Å²) in [4.78, 5) is 10.3. The van der Waals surface area contributed by atoms with Gasteiger partial charge in [0.05, 0.1) is 5.52 Å². The fourth-order valence-corrected chi connectivity index (χ4v) is 1.47. The van der Waals surface area contributed by atoms with E-state index in [2.05, 4.69) is 24.3 Å². The molecule has 0 atom stereocenters. The van der Waals surface area contributed by atoms with Gasteiger partial charge < -0.3 is 5.32 Å². The van der Waals surface area contributed by atoms with Gasteiger partial charge in [-0.05, 0) is 32.0 Å². The molecular weight excluding hydrogens is 190 g/mol. The molecule has 0 radical (unpaired) electrons. The standard InChI is InChI=1S/C11H13N3O/c1-8(2)14-6-9-5-10(12-7-15)3-4-11(9)13-14/h3-8H,1-2H3,(H,12,15). The van der Waals surface area contributed by atoms with Gasteiger partial charge in [0, 0.05) is 23.3 Å². The van der Waals surface area contributed by atoms with Gasteiger partial charge in [0.15, 0.2) is 0 Å². The summed E-state index contributed by atoms with van der Waals surface area (Å²) < 4.78 is 1.91. The molecule has 1 aromatic heterocycles. The lowest BCUT2D eigenvalue weighted by Gasteiger charge is -2.02. The van der Waals surface area contributed by atoms with E-state index < -0.39 is 0 Å². The Morgan fingerprint density at radius 1 is 1.47 bits per heavy atom. The van der Waals surface area contributed by atoms with Crippen LogP contribution in [0, 0.1) is 0 Å². The number of nitrogens with one attached hydrogen (secondary N) is 1. The summed E-state index contributed by atoms with van der Waals surface area (Å²) >= 11 is 0. The molecular formula is C11H13N3O. The molecule has 0 spiro atoms. The number of rotatable bonds is 3. The lowest BCUT2D eigenvalue weighted by molar-refractivity contribution is -0.105. The van der Waals surface area contributed by atoms with E-state index in [0.29, 0.717) is 12.5 Å². The predicted molar refractivity (Wildman–Crippen MR) is 59.8 cm³/mol. The Kier molecular flexibility index (Phi) is 2.41. The number of hydrogen-bond acceptors (Lipinski definition) is 2. The largest absolute Gasteiger partial charge is 0.329 e. The lowest BCUT2D eigenvalue weighted by atomic mass is 10.2. The van der Waals surface area contributed by atoms with Crippen LogP contribution in [0.25, 0.3) is 10.9 Å². The van der Waals surface area contributed by atoms with Crippen molar-refractivity contribution in [2.24, 2.45) is 0 Å². The smallest absolute Gasteiger partial charge is 0.211 e. The number of carbonyl (C=O) groups is 1. The molecule has 0 unspecified atom stereocenters. The van der Waals surface area contributed by atoms with Crippen LogP contribution in [0.5, 0.6) is 0 Å². The third-order valence-electron chi connectivity index (χ3n) is 2.28. The van der Waals surface area contributed by atoms with Crippen molar-refractivity contribution in [2.75, 3.05) is 5.32 Å². The molecule has 4 heteroatoms. The van der Waals surface area contributed by atoms with Crippen molar-refractivity contribution >= 4 is 23.0 Å². The second-order valence-electron chi connectivity index (χ2n) is 3.74. The van der Waals surface area contributed by atoms with Crippen LogP contribution in [0.2, 0.25) is 0 Å². The third kappa shape index (κ3) is 1.83. The van der Waals surface area contributed by atoms with Gasteiger partial charge in [-0.2, -0.15) is 5.10 Å². The number of benzene rings is 1. The Hall–Kier alpha value is -1.84. The molecule has 2 rings (SSSR count). The molecule has 2 aromatic rings. The van der Waals surface area contributed by atoms with E-state index in [1.54, 1.807) is 0 Å². The fourth-order valence-electron chi connectivity index (χ4n) is 1.47.